The second-order valence-corrected chi connectivity index (χ2v) is 31.5. The van der Waals surface area contributed by atoms with Crippen LogP contribution in [0.2, 0.25) is 0 Å². The molecule has 0 aliphatic heterocycles. The number of para-hydroxylation sites is 2. The highest BCUT2D eigenvalue weighted by atomic mass is 32.1. The molecule has 0 radical (unpaired) electrons. The molecule has 8 aromatic heterocycles. The molecule has 125 heavy (non-hydrogen) atoms. The SMILES string of the molecule is c1ccc(-c2ccc(-c3cc(-c4cccc(-c5cccc(-c6ccccc6)c5)c4)nc(-c4ccco4)n3)cc2)cc1.c1ccc(-c2ccc(-c3cc(-c4cccc(-c5cccc6c5oc5ccccc56)c4)nc(-c4ccco4)n3)cc2)cc1.c1ccc(-c2ccc(-c3cc(-c4cccc(-c5cccc6c5sc5ccccc56)c4)nc(-c4ccco4)n3)cc2)cc1. The van der Waals surface area contributed by atoms with Gasteiger partial charge in [-0.15, -0.1) is 11.3 Å². The van der Waals surface area contributed by atoms with E-state index in [4.69, 9.17) is 47.6 Å². The molecule has 23 rings (SSSR count). The van der Waals surface area contributed by atoms with E-state index >= 15 is 0 Å². The Hall–Kier alpha value is -16.6. The third-order valence-corrected chi connectivity index (χ3v) is 23.7. The molecule has 11 heteroatoms. The molecule has 0 saturated carbocycles. The van der Waals surface area contributed by atoms with E-state index < -0.39 is 0 Å². The fourth-order valence-corrected chi connectivity index (χ4v) is 17.4. The predicted molar refractivity (Wildman–Crippen MR) is 510 cm³/mol. The Balaban J connectivity index is 0.000000115. The van der Waals surface area contributed by atoms with Crippen LogP contribution in [0.25, 0.3) is 222 Å². The minimum atomic E-state index is 0.546. The summed E-state index contributed by atoms with van der Waals surface area (Å²) in [5.41, 5.74) is 29.1. The van der Waals surface area contributed by atoms with Gasteiger partial charge in [-0.3, -0.25) is 0 Å². The monoisotopic (exact) mass is 1620 g/mol. The molecule has 0 N–H and O–H groups in total. The summed E-state index contributed by atoms with van der Waals surface area (Å²) in [6, 6.07) is 149. The molecule has 23 aromatic rings. The van der Waals surface area contributed by atoms with E-state index in [2.05, 4.69) is 346 Å². The van der Waals surface area contributed by atoms with Crippen molar-refractivity contribution in [3.8, 4) is 180 Å². The van der Waals surface area contributed by atoms with Gasteiger partial charge in [0.15, 0.2) is 34.8 Å². The summed E-state index contributed by atoms with van der Waals surface area (Å²) < 4.78 is 26.1. The Morgan fingerprint density at radius 1 is 0.184 bits per heavy atom. The smallest absolute Gasteiger partial charge is 0.196 e. The topological polar surface area (TPSA) is 130 Å². The van der Waals surface area contributed by atoms with Gasteiger partial charge in [0, 0.05) is 69.9 Å². The van der Waals surface area contributed by atoms with Crippen molar-refractivity contribution in [3.05, 3.63) is 450 Å². The average Bonchev–Trinajstić information content (AvgIpc) is 1.63. The molecule has 0 aliphatic carbocycles. The lowest BCUT2D eigenvalue weighted by Crippen LogP contribution is -1.95. The highest BCUT2D eigenvalue weighted by Gasteiger charge is 2.21. The van der Waals surface area contributed by atoms with Crippen molar-refractivity contribution in [1.82, 2.24) is 29.9 Å². The van der Waals surface area contributed by atoms with E-state index in [1.807, 2.05) is 96.3 Å². The summed E-state index contributed by atoms with van der Waals surface area (Å²) in [5.74, 6) is 3.58. The van der Waals surface area contributed by atoms with E-state index in [9.17, 15) is 0 Å². The van der Waals surface area contributed by atoms with E-state index in [-0.39, 0.29) is 0 Å². The number of hydrogen-bond acceptors (Lipinski definition) is 11. The zero-order valence-electron chi connectivity index (χ0n) is 67.4. The first-order valence-electron chi connectivity index (χ1n) is 41.5. The van der Waals surface area contributed by atoms with Crippen molar-refractivity contribution < 1.29 is 17.7 Å². The molecule has 0 bridgehead atoms. The molecule has 0 atom stereocenters. The Morgan fingerprint density at radius 3 is 0.896 bits per heavy atom. The lowest BCUT2D eigenvalue weighted by Gasteiger charge is -2.11. The van der Waals surface area contributed by atoms with Crippen molar-refractivity contribution in [2.75, 3.05) is 0 Å². The van der Waals surface area contributed by atoms with Gasteiger partial charge in [-0.2, -0.15) is 0 Å². The Kier molecular flexibility index (Phi) is 20.8. The summed E-state index contributed by atoms with van der Waals surface area (Å²) in [7, 11) is 0. The maximum Gasteiger partial charge on any atom is 0.196 e. The Bertz CT molecular complexity index is 7410. The molecule has 590 valence electrons. The van der Waals surface area contributed by atoms with Gasteiger partial charge < -0.3 is 17.7 Å². The number of aromatic nitrogens is 6. The predicted octanol–water partition coefficient (Wildman–Crippen LogP) is 31.1. The maximum atomic E-state index is 6.33. The molecular weight excluding hydrogens is 1550 g/mol. The van der Waals surface area contributed by atoms with Gasteiger partial charge >= 0.3 is 0 Å². The first-order valence-corrected chi connectivity index (χ1v) is 42.3. The van der Waals surface area contributed by atoms with E-state index in [0.717, 1.165) is 123 Å². The molecule has 10 nitrogen and oxygen atoms in total. The first-order chi connectivity index (χ1) is 61.9. The molecule has 0 aliphatic rings. The molecule has 15 aromatic carbocycles. The van der Waals surface area contributed by atoms with Crippen LogP contribution in [0.3, 0.4) is 0 Å². The molecule has 0 saturated heterocycles. The highest BCUT2D eigenvalue weighted by molar-refractivity contribution is 7.26. The lowest BCUT2D eigenvalue weighted by atomic mass is 9.97. The van der Waals surface area contributed by atoms with Gasteiger partial charge in [0.25, 0.3) is 0 Å². The summed E-state index contributed by atoms with van der Waals surface area (Å²) in [6.07, 6.45) is 4.96. The van der Waals surface area contributed by atoms with Crippen LogP contribution < -0.4 is 0 Å². The molecule has 0 spiro atoms. The number of fused-ring (bicyclic) bond motifs is 6. The normalized spacial score (nSPS) is 11.2. The summed E-state index contributed by atoms with van der Waals surface area (Å²) in [5, 5.41) is 4.82. The van der Waals surface area contributed by atoms with Crippen molar-refractivity contribution in [1.29, 1.82) is 0 Å². The van der Waals surface area contributed by atoms with Crippen molar-refractivity contribution in [3.63, 3.8) is 0 Å². The number of benzene rings is 15. The zero-order chi connectivity index (χ0) is 83.2. The second-order valence-electron chi connectivity index (χ2n) is 30.4. The highest BCUT2D eigenvalue weighted by Crippen LogP contribution is 2.44. The van der Waals surface area contributed by atoms with Gasteiger partial charge in [-0.25, -0.2) is 29.9 Å². The summed E-state index contributed by atoms with van der Waals surface area (Å²) in [4.78, 5) is 29.6. The van der Waals surface area contributed by atoms with E-state index in [1.165, 1.54) is 64.7 Å². The Morgan fingerprint density at radius 2 is 0.472 bits per heavy atom. The van der Waals surface area contributed by atoms with Crippen molar-refractivity contribution >= 4 is 53.4 Å². The van der Waals surface area contributed by atoms with Gasteiger partial charge in [-0.05, 0) is 163 Å². The number of nitrogens with zero attached hydrogens (tertiary/aromatic N) is 6. The van der Waals surface area contributed by atoms with Crippen LogP contribution in [0.15, 0.2) is 467 Å². The number of rotatable bonds is 16. The fourth-order valence-electron chi connectivity index (χ4n) is 16.2. The van der Waals surface area contributed by atoms with Gasteiger partial charge in [-0.1, -0.05) is 340 Å². The van der Waals surface area contributed by atoms with Crippen LogP contribution in [-0.4, -0.2) is 29.9 Å². The minimum absolute atomic E-state index is 0.546. The largest absolute Gasteiger partial charge is 0.461 e. The average molecular weight is 1620 g/mol. The molecule has 0 amide bonds. The van der Waals surface area contributed by atoms with Gasteiger partial charge in [0.05, 0.1) is 53.0 Å². The number of hydrogen-bond donors (Lipinski definition) is 0. The van der Waals surface area contributed by atoms with Crippen LogP contribution in [0.1, 0.15) is 0 Å². The zero-order valence-corrected chi connectivity index (χ0v) is 68.3. The minimum Gasteiger partial charge on any atom is -0.461 e. The van der Waals surface area contributed by atoms with Crippen LogP contribution in [0, 0.1) is 0 Å². The first kappa shape index (κ1) is 75.8. The van der Waals surface area contributed by atoms with Crippen molar-refractivity contribution in [2.24, 2.45) is 0 Å². The van der Waals surface area contributed by atoms with E-state index in [1.54, 1.807) is 18.8 Å². The lowest BCUT2D eigenvalue weighted by molar-refractivity contribution is 0.577. The maximum absolute atomic E-state index is 6.33. The molecule has 8 heterocycles. The molecular formula is C114H74N6O4S. The summed E-state index contributed by atoms with van der Waals surface area (Å²) >= 11 is 1.85. The molecule has 0 unspecified atom stereocenters. The standard InChI is InChI=1S/C38H24N2O2.C38H24N2OS.C38H26N2O/c1-2-9-25(10-3-1)26-18-20-27(21-19-26)33-24-34(40-38(39-33)36-17-8-22-41-36)29-12-6-11-28(23-29)30-14-7-15-32-31-13-4-5-16-35(31)42-37(30)32;1-2-9-25(10-3-1)26-18-20-27(21-19-26)33-24-34(40-38(39-33)35-16-8-22-41-35)29-12-6-11-28(23-29)30-14-7-15-32-31-13-4-5-17-36(31)42-37(30)32;1-3-10-27(11-4-1)29-19-21-30(22-20-29)35-26-36(40-38(39-35)37-18-9-23-41-37)34-17-8-16-33(25-34)32-15-7-14-31(24-32)28-12-5-2-6-13-28/h2*1-24H;1-26H. The third-order valence-electron chi connectivity index (χ3n) is 22.5. The van der Waals surface area contributed by atoms with Crippen molar-refractivity contribution in [2.45, 2.75) is 0 Å². The van der Waals surface area contributed by atoms with Crippen LogP contribution >= 0.6 is 11.3 Å². The number of furan rings is 4. The quantitative estimate of drug-likeness (QED) is 0.0922. The molecule has 0 fully saturated rings. The van der Waals surface area contributed by atoms with Gasteiger partial charge in [0.2, 0.25) is 0 Å². The fraction of sp³-hybridized carbons (Fsp3) is 0. The van der Waals surface area contributed by atoms with E-state index in [0.29, 0.717) is 34.8 Å². The summed E-state index contributed by atoms with van der Waals surface area (Å²) in [6.45, 7) is 0. The Labute approximate surface area is 725 Å². The third kappa shape index (κ3) is 16.1. The van der Waals surface area contributed by atoms with Crippen LogP contribution in [0.5, 0.6) is 0 Å². The van der Waals surface area contributed by atoms with Gasteiger partial charge in [0.1, 0.15) is 11.2 Å². The second kappa shape index (κ2) is 34.3. The number of thiophene rings is 1. The van der Waals surface area contributed by atoms with Crippen LogP contribution in [0.4, 0.5) is 0 Å². The van der Waals surface area contributed by atoms with Crippen LogP contribution in [-0.2, 0) is 0 Å².